The average Bonchev–Trinajstić information content (AvgIpc) is 3.26. The number of benzene rings is 2. The van der Waals surface area contributed by atoms with Gasteiger partial charge in [0.25, 0.3) is 0 Å². The topological polar surface area (TPSA) is 49.4 Å². The van der Waals surface area contributed by atoms with E-state index in [0.717, 1.165) is 29.7 Å². The van der Waals surface area contributed by atoms with E-state index in [0.29, 0.717) is 25.4 Å². The van der Waals surface area contributed by atoms with E-state index in [2.05, 4.69) is 22.6 Å². The van der Waals surface area contributed by atoms with Gasteiger partial charge in [0.1, 0.15) is 0 Å². The smallest absolute Gasteiger partial charge is 0.229 e. The molecule has 4 rings (SSSR count). The summed E-state index contributed by atoms with van der Waals surface area (Å²) < 4.78 is 0. The SMILES string of the molecule is O=C1CNN(c2ccccc2)CC1Cc1ccc(C(C(=O)Cl)C2CCCC2)cc1. The number of hydrogen-bond donors (Lipinski definition) is 1. The molecule has 152 valence electrons. The van der Waals surface area contributed by atoms with Gasteiger partial charge in [-0.25, -0.2) is 5.43 Å². The van der Waals surface area contributed by atoms with Crippen molar-refractivity contribution in [2.75, 3.05) is 18.1 Å². The Balaban J connectivity index is 1.44. The van der Waals surface area contributed by atoms with Crippen molar-refractivity contribution in [1.82, 2.24) is 5.43 Å². The van der Waals surface area contributed by atoms with E-state index < -0.39 is 0 Å². The van der Waals surface area contributed by atoms with Crippen LogP contribution in [0.3, 0.4) is 0 Å². The Bertz CT molecular complexity index is 847. The highest BCUT2D eigenvalue weighted by molar-refractivity contribution is 6.64. The molecule has 4 nitrogen and oxygen atoms in total. The zero-order valence-electron chi connectivity index (χ0n) is 16.5. The molecule has 0 amide bonds. The first-order valence-electron chi connectivity index (χ1n) is 10.5. The highest BCUT2D eigenvalue weighted by Gasteiger charge is 2.31. The highest BCUT2D eigenvalue weighted by Crippen LogP contribution is 2.38. The van der Waals surface area contributed by atoms with Crippen LogP contribution < -0.4 is 10.4 Å². The van der Waals surface area contributed by atoms with Crippen LogP contribution in [-0.4, -0.2) is 24.1 Å². The van der Waals surface area contributed by atoms with E-state index in [1.54, 1.807) is 0 Å². The van der Waals surface area contributed by atoms with Crippen molar-refractivity contribution in [1.29, 1.82) is 0 Å². The van der Waals surface area contributed by atoms with E-state index in [4.69, 9.17) is 11.6 Å². The minimum Gasteiger partial charge on any atom is -0.307 e. The Morgan fingerprint density at radius 3 is 2.41 bits per heavy atom. The predicted octanol–water partition coefficient (Wildman–Crippen LogP) is 4.48. The Morgan fingerprint density at radius 1 is 1.07 bits per heavy atom. The number of anilines is 1. The van der Waals surface area contributed by atoms with Gasteiger partial charge in [0.05, 0.1) is 18.2 Å². The molecule has 2 aliphatic rings. The number of carbonyl (C=O) groups excluding carboxylic acids is 2. The Kier molecular flexibility index (Phi) is 6.31. The lowest BCUT2D eigenvalue weighted by Gasteiger charge is -2.34. The number of para-hydroxylation sites is 1. The lowest BCUT2D eigenvalue weighted by molar-refractivity contribution is -0.123. The fourth-order valence-corrected chi connectivity index (χ4v) is 5.02. The molecule has 0 aromatic heterocycles. The van der Waals surface area contributed by atoms with E-state index in [-0.39, 0.29) is 22.9 Å². The van der Waals surface area contributed by atoms with Crippen LogP contribution in [0.2, 0.25) is 0 Å². The minimum absolute atomic E-state index is 0.0532. The lowest BCUT2D eigenvalue weighted by atomic mass is 9.85. The third kappa shape index (κ3) is 4.71. The van der Waals surface area contributed by atoms with Crippen LogP contribution in [0.25, 0.3) is 0 Å². The third-order valence-electron chi connectivity index (χ3n) is 6.31. The van der Waals surface area contributed by atoms with Crippen molar-refractivity contribution in [3.05, 3.63) is 65.7 Å². The quantitative estimate of drug-likeness (QED) is 0.713. The van der Waals surface area contributed by atoms with Crippen LogP contribution in [0, 0.1) is 11.8 Å². The molecule has 1 aliphatic carbocycles. The zero-order chi connectivity index (χ0) is 20.2. The van der Waals surface area contributed by atoms with Crippen LogP contribution in [0.15, 0.2) is 54.6 Å². The van der Waals surface area contributed by atoms with E-state index in [9.17, 15) is 9.59 Å². The molecule has 2 atom stereocenters. The lowest BCUT2D eigenvalue weighted by Crippen LogP contribution is -2.52. The summed E-state index contributed by atoms with van der Waals surface area (Å²) in [4.78, 5) is 24.5. The second-order valence-electron chi connectivity index (χ2n) is 8.22. The molecule has 2 unspecified atom stereocenters. The van der Waals surface area contributed by atoms with Gasteiger partial charge in [-0.3, -0.25) is 9.59 Å². The van der Waals surface area contributed by atoms with Crippen molar-refractivity contribution in [2.24, 2.45) is 11.8 Å². The normalized spacial score (nSPS) is 21.3. The summed E-state index contributed by atoms with van der Waals surface area (Å²) in [6.45, 7) is 0.998. The fourth-order valence-electron chi connectivity index (χ4n) is 4.71. The number of Topliss-reactive ketones (excluding diaryl/α,β-unsaturated/α-hetero) is 1. The molecule has 1 heterocycles. The van der Waals surface area contributed by atoms with Crippen LogP contribution in [0.1, 0.15) is 42.7 Å². The number of halogens is 1. The molecule has 5 heteroatoms. The Hall–Kier alpha value is -2.17. The molecule has 29 heavy (non-hydrogen) atoms. The first-order chi connectivity index (χ1) is 14.1. The number of ketones is 1. The molecule has 0 radical (unpaired) electrons. The molecule has 2 aromatic rings. The number of carbonyl (C=O) groups is 2. The van der Waals surface area contributed by atoms with Crippen molar-refractivity contribution < 1.29 is 9.59 Å². The summed E-state index contributed by atoms with van der Waals surface area (Å²) in [5.41, 5.74) is 6.39. The molecule has 1 saturated carbocycles. The standard InChI is InChI=1S/C24H27ClN2O2/c25-24(29)23(18-6-4-5-7-18)19-12-10-17(11-13-19)14-20-16-27(26-15-22(20)28)21-8-2-1-3-9-21/h1-3,8-13,18,20,23,26H,4-7,14-16H2. The highest BCUT2D eigenvalue weighted by atomic mass is 35.5. The summed E-state index contributed by atoms with van der Waals surface area (Å²) >= 11 is 5.95. The third-order valence-corrected chi connectivity index (χ3v) is 6.54. The molecule has 1 N–H and O–H groups in total. The van der Waals surface area contributed by atoms with Crippen LogP contribution in [-0.2, 0) is 16.0 Å². The Labute approximate surface area is 177 Å². The van der Waals surface area contributed by atoms with Crippen LogP contribution in [0.4, 0.5) is 5.69 Å². The molecular formula is C24H27ClN2O2. The second kappa shape index (κ2) is 9.10. The maximum absolute atomic E-state index is 12.5. The molecule has 0 bridgehead atoms. The molecule has 2 fully saturated rings. The van der Waals surface area contributed by atoms with Gasteiger partial charge in [-0.2, -0.15) is 0 Å². The number of rotatable bonds is 6. The number of hydrazine groups is 1. The number of nitrogens with zero attached hydrogens (tertiary/aromatic N) is 1. The summed E-state index contributed by atoms with van der Waals surface area (Å²) in [6, 6.07) is 18.2. The molecular weight excluding hydrogens is 384 g/mol. The van der Waals surface area contributed by atoms with Crippen molar-refractivity contribution in [2.45, 2.75) is 38.0 Å². The van der Waals surface area contributed by atoms with Gasteiger partial charge >= 0.3 is 0 Å². The monoisotopic (exact) mass is 410 g/mol. The van der Waals surface area contributed by atoms with Gasteiger partial charge in [0.2, 0.25) is 5.24 Å². The van der Waals surface area contributed by atoms with Gasteiger partial charge in [-0.15, -0.1) is 0 Å². The largest absolute Gasteiger partial charge is 0.307 e. The summed E-state index contributed by atoms with van der Waals surface area (Å²) in [7, 11) is 0. The second-order valence-corrected chi connectivity index (χ2v) is 8.59. The van der Waals surface area contributed by atoms with E-state index >= 15 is 0 Å². The van der Waals surface area contributed by atoms with Crippen molar-refractivity contribution in [3.63, 3.8) is 0 Å². The first-order valence-corrected chi connectivity index (χ1v) is 10.9. The van der Waals surface area contributed by atoms with Crippen molar-refractivity contribution >= 4 is 28.3 Å². The molecule has 2 aromatic carbocycles. The number of nitrogens with one attached hydrogen (secondary N) is 1. The summed E-state index contributed by atoms with van der Waals surface area (Å²) in [5.74, 6) is 0.335. The number of hydrogen-bond acceptors (Lipinski definition) is 4. The van der Waals surface area contributed by atoms with Gasteiger partial charge in [0.15, 0.2) is 5.78 Å². The van der Waals surface area contributed by atoms with Crippen molar-refractivity contribution in [3.8, 4) is 0 Å². The predicted molar refractivity (Wildman–Crippen MR) is 116 cm³/mol. The van der Waals surface area contributed by atoms with E-state index in [1.807, 2.05) is 42.5 Å². The summed E-state index contributed by atoms with van der Waals surface area (Å²) in [5, 5.41) is 1.81. The van der Waals surface area contributed by atoms with Gasteiger partial charge < -0.3 is 5.01 Å². The molecule has 0 spiro atoms. The minimum atomic E-state index is -0.253. The van der Waals surface area contributed by atoms with Gasteiger partial charge in [0, 0.05) is 12.5 Å². The fraction of sp³-hybridized carbons (Fsp3) is 0.417. The maximum atomic E-state index is 12.5. The Morgan fingerprint density at radius 2 is 1.76 bits per heavy atom. The molecule has 1 aliphatic heterocycles. The zero-order valence-corrected chi connectivity index (χ0v) is 17.3. The van der Waals surface area contributed by atoms with Gasteiger partial charge in [-0.1, -0.05) is 55.3 Å². The van der Waals surface area contributed by atoms with E-state index in [1.165, 1.54) is 12.8 Å². The molecule has 1 saturated heterocycles. The van der Waals surface area contributed by atoms with Crippen LogP contribution >= 0.6 is 11.6 Å². The maximum Gasteiger partial charge on any atom is 0.229 e. The van der Waals surface area contributed by atoms with Crippen LogP contribution in [0.5, 0.6) is 0 Å². The first kappa shape index (κ1) is 20.1. The van der Waals surface area contributed by atoms with Gasteiger partial charge in [-0.05, 0) is 60.0 Å². The average molecular weight is 411 g/mol. The summed E-state index contributed by atoms with van der Waals surface area (Å²) in [6.07, 6.45) is 5.21.